The van der Waals surface area contributed by atoms with E-state index < -0.39 is 31.5 Å². The second kappa shape index (κ2) is 9.88. The molecule has 174 valence electrons. The fourth-order valence-electron chi connectivity index (χ4n) is 3.23. The van der Waals surface area contributed by atoms with E-state index in [-0.39, 0.29) is 21.9 Å². The van der Waals surface area contributed by atoms with Gasteiger partial charge in [0, 0.05) is 31.3 Å². The molecule has 0 aliphatic carbocycles. The lowest BCUT2D eigenvalue weighted by molar-refractivity contribution is -0.115. The number of carbonyl (C=O) groups excluding carboxylic acids is 1. The number of carbonyl (C=O) groups is 1. The molecule has 1 aliphatic rings. The average Bonchev–Trinajstić information content (AvgIpc) is 2.78. The van der Waals surface area contributed by atoms with E-state index >= 15 is 0 Å². The van der Waals surface area contributed by atoms with Gasteiger partial charge in [0.25, 0.3) is 0 Å². The van der Waals surface area contributed by atoms with Crippen LogP contribution >= 0.6 is 0 Å². The second-order valence-corrected chi connectivity index (χ2v) is 11.1. The van der Waals surface area contributed by atoms with E-state index in [1.165, 1.54) is 40.7 Å². The topological polar surface area (TPSA) is 119 Å². The summed E-state index contributed by atoms with van der Waals surface area (Å²) in [6, 6.07) is 10.2. The Morgan fingerprint density at radius 1 is 0.938 bits per heavy atom. The number of benzene rings is 2. The van der Waals surface area contributed by atoms with Crippen molar-refractivity contribution in [1.29, 1.82) is 0 Å². The number of hydrogen-bond donors (Lipinski definition) is 1. The maximum Gasteiger partial charge on any atom is 0.243 e. The van der Waals surface area contributed by atoms with E-state index in [2.05, 4.69) is 5.32 Å². The predicted octanol–water partition coefficient (Wildman–Crippen LogP) is 2.29. The first-order valence-corrected chi connectivity index (χ1v) is 13.3. The van der Waals surface area contributed by atoms with Crippen molar-refractivity contribution < 1.29 is 31.1 Å². The fourth-order valence-corrected chi connectivity index (χ4v) is 5.99. The van der Waals surface area contributed by atoms with Gasteiger partial charge in [0.2, 0.25) is 15.9 Å². The van der Waals surface area contributed by atoms with Gasteiger partial charge in [-0.15, -0.1) is 0 Å². The van der Waals surface area contributed by atoms with Crippen molar-refractivity contribution in [1.82, 2.24) is 4.31 Å². The Kier molecular flexibility index (Phi) is 7.42. The molecule has 2 aromatic carbocycles. The Hall–Kier alpha value is -2.63. The van der Waals surface area contributed by atoms with Gasteiger partial charge in [0.15, 0.2) is 21.3 Å². The number of hydrogen-bond acceptors (Lipinski definition) is 7. The zero-order chi connectivity index (χ0) is 23.4. The lowest BCUT2D eigenvalue weighted by Crippen LogP contribution is -2.30. The molecule has 1 heterocycles. The van der Waals surface area contributed by atoms with Gasteiger partial charge in [0.1, 0.15) is 13.2 Å². The quantitative estimate of drug-likeness (QED) is 0.582. The lowest BCUT2D eigenvalue weighted by Gasteiger charge is -2.19. The highest BCUT2D eigenvalue weighted by molar-refractivity contribution is 7.91. The summed E-state index contributed by atoms with van der Waals surface area (Å²) in [7, 11) is -7.40. The summed E-state index contributed by atoms with van der Waals surface area (Å²) >= 11 is 0. The van der Waals surface area contributed by atoms with Gasteiger partial charge in [-0.3, -0.25) is 4.79 Å². The lowest BCUT2D eigenvalue weighted by atomic mass is 10.3. The van der Waals surface area contributed by atoms with E-state index in [1.807, 2.05) is 0 Å². The molecule has 1 amide bonds. The van der Waals surface area contributed by atoms with E-state index in [0.717, 1.165) is 0 Å². The van der Waals surface area contributed by atoms with E-state index in [4.69, 9.17) is 9.47 Å². The molecule has 1 N–H and O–H groups in total. The van der Waals surface area contributed by atoms with Crippen LogP contribution in [0.1, 0.15) is 20.3 Å². The third kappa shape index (κ3) is 5.40. The van der Waals surface area contributed by atoms with Crippen LogP contribution in [0, 0.1) is 0 Å². The molecule has 0 atom stereocenters. The monoisotopic (exact) mass is 482 g/mol. The van der Waals surface area contributed by atoms with Crippen molar-refractivity contribution in [3.8, 4) is 11.5 Å². The molecule has 3 rings (SSSR count). The van der Waals surface area contributed by atoms with E-state index in [1.54, 1.807) is 19.9 Å². The largest absolute Gasteiger partial charge is 0.486 e. The molecule has 1 aliphatic heterocycles. The summed E-state index contributed by atoms with van der Waals surface area (Å²) in [5.74, 6) is -0.111. The normalized spacial score (nSPS) is 13.7. The Balaban J connectivity index is 1.66. The molecule has 0 saturated carbocycles. The molecule has 2 aromatic rings. The minimum Gasteiger partial charge on any atom is -0.486 e. The first kappa shape index (κ1) is 24.0. The van der Waals surface area contributed by atoms with E-state index in [0.29, 0.717) is 37.8 Å². The molecule has 32 heavy (non-hydrogen) atoms. The Morgan fingerprint density at radius 3 is 2.31 bits per heavy atom. The third-order valence-electron chi connectivity index (χ3n) is 4.93. The van der Waals surface area contributed by atoms with Crippen LogP contribution in [0.15, 0.2) is 52.3 Å². The van der Waals surface area contributed by atoms with Crippen molar-refractivity contribution >= 4 is 31.5 Å². The molecular weight excluding hydrogens is 456 g/mol. The van der Waals surface area contributed by atoms with Crippen molar-refractivity contribution in [3.05, 3.63) is 42.5 Å². The summed E-state index contributed by atoms with van der Waals surface area (Å²) < 4.78 is 62.7. The van der Waals surface area contributed by atoms with Gasteiger partial charge in [-0.1, -0.05) is 19.9 Å². The molecule has 9 nitrogen and oxygen atoms in total. The summed E-state index contributed by atoms with van der Waals surface area (Å²) in [6.45, 7) is 4.88. The highest BCUT2D eigenvalue weighted by Gasteiger charge is 2.23. The number of nitrogens with one attached hydrogen (secondary N) is 1. The molecule has 0 unspecified atom stereocenters. The summed E-state index contributed by atoms with van der Waals surface area (Å²) in [5.41, 5.74) is 0.278. The van der Waals surface area contributed by atoms with Gasteiger partial charge in [-0.05, 0) is 30.3 Å². The SMILES string of the molecule is CCN(CC)S(=O)(=O)c1cccc(NC(=O)CCS(=O)(=O)c2ccc3c(c2)OCCO3)c1. The summed E-state index contributed by atoms with van der Waals surface area (Å²) in [4.78, 5) is 12.5. The molecule has 0 spiro atoms. The van der Waals surface area contributed by atoms with Crippen LogP contribution in [0.3, 0.4) is 0 Å². The standard InChI is InChI=1S/C21H26N2O7S2/c1-3-23(4-2)32(27,28)18-7-5-6-16(14-18)22-21(24)10-13-31(25,26)17-8-9-19-20(15-17)30-12-11-29-19/h5-9,14-15H,3-4,10-13H2,1-2H3,(H,22,24). The minimum absolute atomic E-state index is 0.0434. The third-order valence-corrected chi connectivity index (χ3v) is 8.69. The number of nitrogens with zero attached hydrogens (tertiary/aromatic N) is 1. The van der Waals surface area contributed by atoms with Crippen molar-refractivity contribution in [2.45, 2.75) is 30.1 Å². The number of sulfone groups is 1. The van der Waals surface area contributed by atoms with E-state index in [9.17, 15) is 21.6 Å². The summed E-state index contributed by atoms with van der Waals surface area (Å²) in [5, 5.41) is 2.57. The highest BCUT2D eigenvalue weighted by atomic mass is 32.2. The Labute approximate surface area is 188 Å². The van der Waals surface area contributed by atoms with Gasteiger partial charge in [0.05, 0.1) is 15.5 Å². The number of anilines is 1. The molecule has 0 radical (unpaired) electrons. The zero-order valence-corrected chi connectivity index (χ0v) is 19.5. The minimum atomic E-state index is -3.73. The van der Waals surface area contributed by atoms with Gasteiger partial charge in [-0.25, -0.2) is 16.8 Å². The molecular formula is C21H26N2O7S2. The van der Waals surface area contributed by atoms with Crippen LogP contribution in [0.5, 0.6) is 11.5 Å². The number of rotatable bonds is 9. The second-order valence-electron chi connectivity index (χ2n) is 7.04. The summed E-state index contributed by atoms with van der Waals surface area (Å²) in [6.07, 6.45) is -0.288. The molecule has 0 fully saturated rings. The Bertz CT molecular complexity index is 1190. The zero-order valence-electron chi connectivity index (χ0n) is 17.9. The van der Waals surface area contributed by atoms with Crippen molar-refractivity contribution in [2.24, 2.45) is 0 Å². The van der Waals surface area contributed by atoms with Gasteiger partial charge in [-0.2, -0.15) is 4.31 Å². The van der Waals surface area contributed by atoms with Crippen LogP contribution in [0.25, 0.3) is 0 Å². The van der Waals surface area contributed by atoms with Crippen molar-refractivity contribution in [2.75, 3.05) is 37.4 Å². The number of sulfonamides is 1. The van der Waals surface area contributed by atoms with Crippen LogP contribution in [0.4, 0.5) is 5.69 Å². The number of fused-ring (bicyclic) bond motifs is 1. The van der Waals surface area contributed by atoms with Gasteiger partial charge < -0.3 is 14.8 Å². The fraction of sp³-hybridized carbons (Fsp3) is 0.381. The molecule has 11 heteroatoms. The number of ether oxygens (including phenoxy) is 2. The van der Waals surface area contributed by atoms with Crippen LogP contribution < -0.4 is 14.8 Å². The average molecular weight is 483 g/mol. The number of amides is 1. The smallest absolute Gasteiger partial charge is 0.243 e. The maximum atomic E-state index is 12.7. The van der Waals surface area contributed by atoms with Crippen molar-refractivity contribution in [3.63, 3.8) is 0 Å². The first-order valence-electron chi connectivity index (χ1n) is 10.2. The first-order chi connectivity index (χ1) is 15.2. The van der Waals surface area contributed by atoms with Gasteiger partial charge >= 0.3 is 0 Å². The van der Waals surface area contributed by atoms with Crippen LogP contribution in [-0.2, 0) is 24.7 Å². The van der Waals surface area contributed by atoms with Crippen LogP contribution in [-0.4, -0.2) is 59.1 Å². The predicted molar refractivity (Wildman–Crippen MR) is 119 cm³/mol. The highest BCUT2D eigenvalue weighted by Crippen LogP contribution is 2.32. The molecule has 0 saturated heterocycles. The van der Waals surface area contributed by atoms with Crippen LogP contribution in [0.2, 0.25) is 0 Å². The molecule has 0 aromatic heterocycles. The molecule has 0 bridgehead atoms. The maximum absolute atomic E-state index is 12.7. The Morgan fingerprint density at radius 2 is 1.62 bits per heavy atom.